The van der Waals surface area contributed by atoms with E-state index in [1.807, 2.05) is 66.5 Å². The summed E-state index contributed by atoms with van der Waals surface area (Å²) in [5.41, 5.74) is 9.95. The summed E-state index contributed by atoms with van der Waals surface area (Å²) in [7, 11) is 1.86. The summed E-state index contributed by atoms with van der Waals surface area (Å²) < 4.78 is 0. The molecule has 2 unspecified atom stereocenters. The smallest absolute Gasteiger partial charge is 0.220 e. The zero-order valence-electron chi connectivity index (χ0n) is 17.4. The number of benzene rings is 2. The van der Waals surface area contributed by atoms with Crippen molar-refractivity contribution in [2.24, 2.45) is 10.7 Å². The molecule has 0 spiro atoms. The molecule has 30 heavy (non-hydrogen) atoms. The Morgan fingerprint density at radius 2 is 1.87 bits per heavy atom. The predicted octanol–water partition coefficient (Wildman–Crippen LogP) is 2.67. The van der Waals surface area contributed by atoms with E-state index in [1.165, 1.54) is 0 Å². The topological polar surface area (TPSA) is 87.8 Å². The Bertz CT molecular complexity index is 955. The van der Waals surface area contributed by atoms with E-state index in [0.717, 1.165) is 22.5 Å². The number of hydrogen-bond donors (Lipinski definition) is 2. The molecule has 1 heterocycles. The highest BCUT2D eigenvalue weighted by Crippen LogP contribution is 2.29. The molecule has 2 aromatic rings. The maximum absolute atomic E-state index is 13.3. The van der Waals surface area contributed by atoms with Crippen LogP contribution < -0.4 is 16.0 Å². The van der Waals surface area contributed by atoms with Gasteiger partial charge in [0.25, 0.3) is 0 Å². The number of carbonyl (C=O) groups is 2. The van der Waals surface area contributed by atoms with Crippen LogP contribution in [0.2, 0.25) is 0 Å². The Morgan fingerprint density at radius 1 is 1.20 bits per heavy atom. The lowest BCUT2D eigenvalue weighted by molar-refractivity contribution is -0.128. The number of anilines is 1. The number of Topliss-reactive ketones (excluding diaryl/α,β-unsaturated/α-hetero) is 1. The minimum absolute atomic E-state index is 0.193. The standard InChI is InChI=1S/C24H28N4O2/c1-4-5-15-20(29)26-16(2)23(30)22-24(25)28(3)19-14-10-9-13-18(19)21(27-22)17-11-7-6-8-12-17/h4,6-14,16,22,24H,1,5,15,25H2,2-3H3,(H,26,29)/t16?,22?,24-/m0/s1. The van der Waals surface area contributed by atoms with Crippen LogP contribution >= 0.6 is 0 Å². The summed E-state index contributed by atoms with van der Waals surface area (Å²) in [6.45, 7) is 5.30. The van der Waals surface area contributed by atoms with Gasteiger partial charge in [0.2, 0.25) is 5.91 Å². The van der Waals surface area contributed by atoms with E-state index in [1.54, 1.807) is 13.0 Å². The van der Waals surface area contributed by atoms with Crippen molar-refractivity contribution in [3.63, 3.8) is 0 Å². The second-order valence-corrected chi connectivity index (χ2v) is 7.43. The van der Waals surface area contributed by atoms with Gasteiger partial charge in [-0.25, -0.2) is 0 Å². The molecule has 6 heteroatoms. The highest BCUT2D eigenvalue weighted by Gasteiger charge is 2.36. The number of benzodiazepines with no additional fused rings is 1. The molecular formula is C24H28N4O2. The van der Waals surface area contributed by atoms with E-state index < -0.39 is 18.2 Å². The number of nitrogens with one attached hydrogen (secondary N) is 1. The minimum atomic E-state index is -0.827. The molecule has 0 bridgehead atoms. The second-order valence-electron chi connectivity index (χ2n) is 7.43. The monoisotopic (exact) mass is 404 g/mol. The van der Waals surface area contributed by atoms with E-state index in [9.17, 15) is 9.59 Å². The summed E-state index contributed by atoms with van der Waals surface area (Å²) in [6.07, 6.45) is 1.87. The molecule has 3 N–H and O–H groups in total. The van der Waals surface area contributed by atoms with Gasteiger partial charge in [-0.1, -0.05) is 54.6 Å². The predicted molar refractivity (Wildman–Crippen MR) is 121 cm³/mol. The molecule has 156 valence electrons. The number of ketones is 1. The van der Waals surface area contributed by atoms with Crippen molar-refractivity contribution in [3.8, 4) is 0 Å². The van der Waals surface area contributed by atoms with Gasteiger partial charge in [-0.05, 0) is 19.4 Å². The highest BCUT2D eigenvalue weighted by atomic mass is 16.2. The SMILES string of the molecule is C=CCCC(=O)NC(C)C(=O)C1N=C(c2ccccc2)c2ccccc2N(C)[C@@H]1N. The third-order valence-electron chi connectivity index (χ3n) is 5.30. The van der Waals surface area contributed by atoms with E-state index in [-0.39, 0.29) is 11.7 Å². The van der Waals surface area contributed by atoms with Gasteiger partial charge in [0, 0.05) is 30.3 Å². The first kappa shape index (κ1) is 21.5. The zero-order chi connectivity index (χ0) is 21.7. The van der Waals surface area contributed by atoms with E-state index in [0.29, 0.717) is 12.8 Å². The van der Waals surface area contributed by atoms with Gasteiger partial charge in [0.1, 0.15) is 12.2 Å². The first-order valence-corrected chi connectivity index (χ1v) is 10.1. The van der Waals surface area contributed by atoms with Crippen LogP contribution in [0, 0.1) is 0 Å². The van der Waals surface area contributed by atoms with Gasteiger partial charge in [-0.3, -0.25) is 14.6 Å². The molecule has 0 radical (unpaired) electrons. The number of hydrogen-bond acceptors (Lipinski definition) is 5. The molecule has 6 nitrogen and oxygen atoms in total. The number of fused-ring (bicyclic) bond motifs is 1. The molecular weight excluding hydrogens is 376 g/mol. The fraction of sp³-hybridized carbons (Fsp3) is 0.292. The second kappa shape index (κ2) is 9.50. The van der Waals surface area contributed by atoms with Crippen LogP contribution in [0.25, 0.3) is 0 Å². The molecule has 2 aromatic carbocycles. The summed E-state index contributed by atoms with van der Waals surface area (Å²) in [6, 6.07) is 16.1. The molecule has 0 fully saturated rings. The zero-order valence-corrected chi connectivity index (χ0v) is 17.4. The Balaban J connectivity index is 1.99. The quantitative estimate of drug-likeness (QED) is 0.695. The number of aliphatic imine (C=N–C) groups is 1. The first-order valence-electron chi connectivity index (χ1n) is 10.1. The van der Waals surface area contributed by atoms with Crippen molar-refractivity contribution in [3.05, 3.63) is 78.4 Å². The number of para-hydroxylation sites is 1. The number of amides is 1. The molecule has 3 atom stereocenters. The average Bonchev–Trinajstić information content (AvgIpc) is 2.88. The van der Waals surface area contributed by atoms with Gasteiger partial charge < -0.3 is 16.0 Å². The Kier molecular flexibility index (Phi) is 6.79. The molecule has 1 aliphatic rings. The normalized spacial score (nSPS) is 19.2. The largest absolute Gasteiger partial charge is 0.356 e. The van der Waals surface area contributed by atoms with Crippen LogP contribution in [0.3, 0.4) is 0 Å². The number of likely N-dealkylation sites (N-methyl/N-ethyl adjacent to an activating group) is 1. The van der Waals surface area contributed by atoms with Crippen molar-refractivity contribution in [1.29, 1.82) is 0 Å². The third-order valence-corrected chi connectivity index (χ3v) is 5.30. The molecule has 0 aromatic heterocycles. The summed E-state index contributed by atoms with van der Waals surface area (Å²) in [5, 5.41) is 2.76. The number of allylic oxidation sites excluding steroid dienone is 1. The van der Waals surface area contributed by atoms with Crippen LogP contribution in [-0.2, 0) is 9.59 Å². The maximum Gasteiger partial charge on any atom is 0.220 e. The summed E-state index contributed by atoms with van der Waals surface area (Å²) in [4.78, 5) is 32.1. The Hall–Kier alpha value is -3.25. The van der Waals surface area contributed by atoms with Crippen molar-refractivity contribution in [2.45, 2.75) is 38.0 Å². The number of nitrogens with two attached hydrogens (primary N) is 1. The van der Waals surface area contributed by atoms with Gasteiger partial charge >= 0.3 is 0 Å². The van der Waals surface area contributed by atoms with Gasteiger partial charge in [0.05, 0.1) is 11.8 Å². The van der Waals surface area contributed by atoms with Crippen LogP contribution in [0.5, 0.6) is 0 Å². The average molecular weight is 405 g/mol. The molecule has 1 amide bonds. The maximum atomic E-state index is 13.3. The van der Waals surface area contributed by atoms with Crippen LogP contribution in [0.15, 0.2) is 72.2 Å². The molecule has 0 aliphatic carbocycles. The first-order chi connectivity index (χ1) is 14.4. The van der Waals surface area contributed by atoms with Gasteiger partial charge in [0.15, 0.2) is 5.78 Å². The van der Waals surface area contributed by atoms with Crippen molar-refractivity contribution < 1.29 is 9.59 Å². The number of nitrogens with zero attached hydrogens (tertiary/aromatic N) is 2. The fourth-order valence-corrected chi connectivity index (χ4v) is 3.57. The lowest BCUT2D eigenvalue weighted by Gasteiger charge is -2.30. The van der Waals surface area contributed by atoms with Crippen molar-refractivity contribution in [2.75, 3.05) is 11.9 Å². The van der Waals surface area contributed by atoms with Gasteiger partial charge in [-0.2, -0.15) is 0 Å². The molecule has 0 saturated carbocycles. The number of carbonyl (C=O) groups excluding carboxylic acids is 2. The minimum Gasteiger partial charge on any atom is -0.356 e. The van der Waals surface area contributed by atoms with Crippen molar-refractivity contribution >= 4 is 23.1 Å². The molecule has 3 rings (SSSR count). The lowest BCUT2D eigenvalue weighted by atomic mass is 10.00. The highest BCUT2D eigenvalue weighted by molar-refractivity contribution is 6.17. The summed E-state index contributed by atoms with van der Waals surface area (Å²) in [5.74, 6) is -0.413. The summed E-state index contributed by atoms with van der Waals surface area (Å²) >= 11 is 0. The van der Waals surface area contributed by atoms with Crippen molar-refractivity contribution in [1.82, 2.24) is 5.32 Å². The Labute approximate surface area is 177 Å². The van der Waals surface area contributed by atoms with E-state index in [4.69, 9.17) is 10.7 Å². The van der Waals surface area contributed by atoms with E-state index in [2.05, 4.69) is 11.9 Å². The Morgan fingerprint density at radius 3 is 2.57 bits per heavy atom. The third kappa shape index (κ3) is 4.49. The molecule has 1 aliphatic heterocycles. The number of rotatable bonds is 7. The lowest BCUT2D eigenvalue weighted by Crippen LogP contribution is -2.54. The van der Waals surface area contributed by atoms with E-state index >= 15 is 0 Å². The van der Waals surface area contributed by atoms with Crippen LogP contribution in [0.4, 0.5) is 5.69 Å². The molecule has 0 saturated heterocycles. The van der Waals surface area contributed by atoms with Gasteiger partial charge in [-0.15, -0.1) is 6.58 Å². The van der Waals surface area contributed by atoms with Crippen LogP contribution in [-0.4, -0.2) is 42.7 Å². The fourth-order valence-electron chi connectivity index (χ4n) is 3.57. The van der Waals surface area contributed by atoms with Crippen LogP contribution in [0.1, 0.15) is 30.9 Å².